The van der Waals surface area contributed by atoms with Gasteiger partial charge < -0.3 is 14.6 Å². The molecule has 2 aromatic heterocycles. The van der Waals surface area contributed by atoms with Crippen LogP contribution in [0.2, 0.25) is 5.02 Å². The number of halogens is 1. The molecule has 0 atom stereocenters. The van der Waals surface area contributed by atoms with Crippen LogP contribution in [0.15, 0.2) is 34.1 Å². The van der Waals surface area contributed by atoms with E-state index in [1.54, 1.807) is 25.2 Å². The Morgan fingerprint density at radius 1 is 1.29 bits per heavy atom. The molecule has 0 saturated carbocycles. The molecule has 1 amide bonds. The molecule has 0 spiro atoms. The average Bonchev–Trinajstić information content (AvgIpc) is 3.04. The van der Waals surface area contributed by atoms with Crippen LogP contribution < -0.4 is 21.3 Å². The maximum Gasteiger partial charge on any atom is 0.332 e. The van der Waals surface area contributed by atoms with E-state index in [4.69, 9.17) is 16.3 Å². The van der Waals surface area contributed by atoms with Crippen molar-refractivity contribution in [3.8, 4) is 5.75 Å². The van der Waals surface area contributed by atoms with Crippen molar-refractivity contribution in [3.05, 3.63) is 50.4 Å². The summed E-state index contributed by atoms with van der Waals surface area (Å²) in [6, 6.07) is 4.86. The van der Waals surface area contributed by atoms with E-state index < -0.39 is 23.7 Å². The smallest absolute Gasteiger partial charge is 0.332 e. The summed E-state index contributed by atoms with van der Waals surface area (Å²) in [6.07, 6.45) is 2.24. The molecule has 9 nitrogen and oxygen atoms in total. The van der Waals surface area contributed by atoms with Gasteiger partial charge in [-0.05, 0) is 24.6 Å². The number of hydrogen-bond acceptors (Lipinski definition) is 5. The fourth-order valence-electron chi connectivity index (χ4n) is 2.81. The van der Waals surface area contributed by atoms with Gasteiger partial charge in [-0.1, -0.05) is 18.5 Å². The summed E-state index contributed by atoms with van der Waals surface area (Å²) in [5.74, 6) is -0.0914. The number of aryl methyl sites for hydroxylation is 2. The van der Waals surface area contributed by atoms with E-state index in [0.717, 1.165) is 11.0 Å². The summed E-state index contributed by atoms with van der Waals surface area (Å²) in [5, 5.41) is 3.08. The molecule has 0 bridgehead atoms. The highest BCUT2D eigenvalue weighted by Gasteiger charge is 2.18. The highest BCUT2D eigenvalue weighted by atomic mass is 35.5. The summed E-state index contributed by atoms with van der Waals surface area (Å²) < 4.78 is 9.22. The third-order valence-electron chi connectivity index (χ3n) is 4.18. The number of nitrogens with zero attached hydrogens (tertiary/aromatic N) is 4. The second-order valence-electron chi connectivity index (χ2n) is 6.30. The van der Waals surface area contributed by atoms with Gasteiger partial charge in [0.25, 0.3) is 5.56 Å². The molecule has 0 aliphatic carbocycles. The Labute approximate surface area is 165 Å². The molecule has 10 heteroatoms. The van der Waals surface area contributed by atoms with Gasteiger partial charge in [-0.2, -0.15) is 0 Å². The molecular weight excluding hydrogens is 386 g/mol. The first-order valence-electron chi connectivity index (χ1n) is 8.66. The molecule has 1 aromatic carbocycles. The molecule has 28 heavy (non-hydrogen) atoms. The minimum atomic E-state index is -0.625. The van der Waals surface area contributed by atoms with E-state index in [-0.39, 0.29) is 11.2 Å². The normalized spacial score (nSPS) is 11.0. The van der Waals surface area contributed by atoms with Gasteiger partial charge in [0.15, 0.2) is 11.2 Å². The number of ether oxygens (including phenoxy) is 1. The standard InChI is InChI=1S/C18H20ClN5O4/c1-4-7-28-13-6-5-11(19)8-12(13)21-14(25)9-24-17(26)15-16(20-10-22(15)2)23(3)18(24)27/h5-6,8,10H,4,7,9H2,1-3H3,(H,21,25). The van der Waals surface area contributed by atoms with E-state index in [1.165, 1.54) is 22.5 Å². The van der Waals surface area contributed by atoms with Crippen molar-refractivity contribution in [1.82, 2.24) is 18.7 Å². The fraction of sp³-hybridized carbons (Fsp3) is 0.333. The minimum Gasteiger partial charge on any atom is -0.491 e. The van der Waals surface area contributed by atoms with Crippen LogP contribution in [0.3, 0.4) is 0 Å². The number of anilines is 1. The zero-order valence-electron chi connectivity index (χ0n) is 15.7. The van der Waals surface area contributed by atoms with Crippen LogP contribution >= 0.6 is 11.6 Å². The van der Waals surface area contributed by atoms with Gasteiger partial charge in [0.1, 0.15) is 12.3 Å². The van der Waals surface area contributed by atoms with Gasteiger partial charge in [-0.15, -0.1) is 0 Å². The van der Waals surface area contributed by atoms with Gasteiger partial charge in [0.2, 0.25) is 5.91 Å². The highest BCUT2D eigenvalue weighted by Crippen LogP contribution is 2.28. The van der Waals surface area contributed by atoms with Crippen LogP contribution in [0.5, 0.6) is 5.75 Å². The monoisotopic (exact) mass is 405 g/mol. The number of hydrogen-bond donors (Lipinski definition) is 1. The maximum atomic E-state index is 12.7. The van der Waals surface area contributed by atoms with Crippen LogP contribution in [-0.4, -0.2) is 31.2 Å². The van der Waals surface area contributed by atoms with E-state index >= 15 is 0 Å². The van der Waals surface area contributed by atoms with E-state index in [1.807, 2.05) is 6.92 Å². The molecule has 1 N–H and O–H groups in total. The summed E-state index contributed by atoms with van der Waals surface area (Å²) in [6.45, 7) is 1.99. The Balaban J connectivity index is 1.93. The molecule has 148 valence electrons. The summed E-state index contributed by atoms with van der Waals surface area (Å²) >= 11 is 6.01. The first-order valence-corrected chi connectivity index (χ1v) is 9.04. The number of aromatic nitrogens is 4. The number of rotatable bonds is 6. The molecular formula is C18H20ClN5O4. The maximum absolute atomic E-state index is 12.7. The van der Waals surface area contributed by atoms with Crippen molar-refractivity contribution >= 4 is 34.4 Å². The second-order valence-corrected chi connectivity index (χ2v) is 6.73. The minimum absolute atomic E-state index is 0.240. The second kappa shape index (κ2) is 7.89. The van der Waals surface area contributed by atoms with Crippen LogP contribution in [0.4, 0.5) is 5.69 Å². The SMILES string of the molecule is CCCOc1ccc(Cl)cc1NC(=O)Cn1c(=O)c2c(ncn2C)n(C)c1=O. The lowest BCUT2D eigenvalue weighted by atomic mass is 10.3. The van der Waals surface area contributed by atoms with Gasteiger partial charge in [-0.3, -0.25) is 14.2 Å². The number of amides is 1. The van der Waals surface area contributed by atoms with Gasteiger partial charge in [-0.25, -0.2) is 14.3 Å². The van der Waals surface area contributed by atoms with Crippen molar-refractivity contribution in [2.24, 2.45) is 14.1 Å². The van der Waals surface area contributed by atoms with Crippen LogP contribution in [0, 0.1) is 0 Å². The molecule has 3 aromatic rings. The van der Waals surface area contributed by atoms with E-state index in [2.05, 4.69) is 10.3 Å². The quantitative estimate of drug-likeness (QED) is 0.670. The van der Waals surface area contributed by atoms with Gasteiger partial charge in [0, 0.05) is 19.1 Å². The highest BCUT2D eigenvalue weighted by molar-refractivity contribution is 6.31. The Morgan fingerprint density at radius 2 is 2.04 bits per heavy atom. The van der Waals surface area contributed by atoms with E-state index in [9.17, 15) is 14.4 Å². The fourth-order valence-corrected chi connectivity index (χ4v) is 2.98. The molecule has 0 unspecified atom stereocenters. The van der Waals surface area contributed by atoms with Crippen molar-refractivity contribution in [3.63, 3.8) is 0 Å². The molecule has 0 radical (unpaired) electrons. The Hall–Kier alpha value is -3.07. The lowest BCUT2D eigenvalue weighted by Crippen LogP contribution is -2.42. The Bertz CT molecular complexity index is 1160. The average molecular weight is 406 g/mol. The van der Waals surface area contributed by atoms with Crippen LogP contribution in [0.25, 0.3) is 11.2 Å². The van der Waals surface area contributed by atoms with Gasteiger partial charge >= 0.3 is 5.69 Å². The molecule has 0 aliphatic heterocycles. The van der Waals surface area contributed by atoms with Crippen molar-refractivity contribution in [2.75, 3.05) is 11.9 Å². The number of carbonyl (C=O) groups excluding carboxylic acids is 1. The lowest BCUT2D eigenvalue weighted by molar-refractivity contribution is -0.116. The van der Waals surface area contributed by atoms with Crippen molar-refractivity contribution < 1.29 is 9.53 Å². The largest absolute Gasteiger partial charge is 0.491 e. The number of imidazole rings is 1. The Morgan fingerprint density at radius 3 is 2.75 bits per heavy atom. The summed E-state index contributed by atoms with van der Waals surface area (Å²) in [5.41, 5.74) is -0.331. The van der Waals surface area contributed by atoms with Gasteiger partial charge in [0.05, 0.1) is 18.6 Å². The molecule has 2 heterocycles. The number of carbonyl (C=O) groups is 1. The predicted molar refractivity (Wildman–Crippen MR) is 106 cm³/mol. The van der Waals surface area contributed by atoms with Crippen molar-refractivity contribution in [1.29, 1.82) is 0 Å². The van der Waals surface area contributed by atoms with Crippen LogP contribution in [0.1, 0.15) is 13.3 Å². The zero-order valence-corrected chi connectivity index (χ0v) is 16.5. The number of fused-ring (bicyclic) bond motifs is 1. The summed E-state index contributed by atoms with van der Waals surface area (Å²) in [7, 11) is 3.15. The first kappa shape index (κ1) is 19.7. The molecule has 3 rings (SSSR count). The molecule has 0 aliphatic rings. The predicted octanol–water partition coefficient (Wildman–Crippen LogP) is 1.51. The number of nitrogens with one attached hydrogen (secondary N) is 1. The number of benzene rings is 1. The topological polar surface area (TPSA) is 100 Å². The Kier molecular flexibility index (Phi) is 5.55. The third-order valence-corrected chi connectivity index (χ3v) is 4.42. The lowest BCUT2D eigenvalue weighted by Gasteiger charge is -2.13. The summed E-state index contributed by atoms with van der Waals surface area (Å²) in [4.78, 5) is 41.8. The third kappa shape index (κ3) is 3.65. The zero-order chi connectivity index (χ0) is 20.4. The first-order chi connectivity index (χ1) is 13.3. The van der Waals surface area contributed by atoms with E-state index in [0.29, 0.717) is 23.1 Å². The molecule has 0 saturated heterocycles. The van der Waals surface area contributed by atoms with Crippen LogP contribution in [-0.2, 0) is 25.4 Å². The van der Waals surface area contributed by atoms with Crippen molar-refractivity contribution in [2.45, 2.75) is 19.9 Å². The molecule has 0 fully saturated rings.